The van der Waals surface area contributed by atoms with Gasteiger partial charge < -0.3 is 5.32 Å². The summed E-state index contributed by atoms with van der Waals surface area (Å²) in [6.45, 7) is 8.42. The molecule has 3 nitrogen and oxygen atoms in total. The van der Waals surface area contributed by atoms with Crippen molar-refractivity contribution in [2.24, 2.45) is 5.92 Å². The maximum Gasteiger partial charge on any atom is 0.159 e. The Balaban J connectivity index is 2.02. The second-order valence-electron chi connectivity index (χ2n) is 5.71. The molecule has 0 bridgehead atoms. The molecule has 0 unspecified atom stereocenters. The molecule has 2 rings (SSSR count). The monoisotopic (exact) mass is 293 g/mol. The molecule has 5 heteroatoms. The van der Waals surface area contributed by atoms with E-state index < -0.39 is 11.6 Å². The highest BCUT2D eigenvalue weighted by atomic mass is 19.2. The van der Waals surface area contributed by atoms with Gasteiger partial charge in [0.05, 0.1) is 12.2 Å². The van der Waals surface area contributed by atoms with E-state index in [-0.39, 0.29) is 0 Å². The molecule has 0 aliphatic rings. The minimum atomic E-state index is -0.825. The number of nitrogens with one attached hydrogen (secondary N) is 1. The molecule has 2 aromatic rings. The summed E-state index contributed by atoms with van der Waals surface area (Å²) < 4.78 is 27.9. The molecule has 1 aromatic heterocycles. The van der Waals surface area contributed by atoms with Crippen LogP contribution in [0.1, 0.15) is 30.7 Å². The van der Waals surface area contributed by atoms with E-state index in [1.807, 2.05) is 13.1 Å². The standard InChI is InChI=1S/C16H21F2N3/c1-11(2)7-19-8-14-10-21(20-12(14)3)9-13-4-5-15(17)16(18)6-13/h4-6,10-11,19H,7-9H2,1-3H3. The van der Waals surface area contributed by atoms with Crippen LogP contribution in [-0.2, 0) is 13.1 Å². The number of aryl methyl sites for hydroxylation is 1. The van der Waals surface area contributed by atoms with Crippen LogP contribution in [0, 0.1) is 24.5 Å². The van der Waals surface area contributed by atoms with Gasteiger partial charge >= 0.3 is 0 Å². The summed E-state index contributed by atoms with van der Waals surface area (Å²) in [5.74, 6) is -1.05. The molecule has 0 radical (unpaired) electrons. The lowest BCUT2D eigenvalue weighted by molar-refractivity contribution is 0.505. The van der Waals surface area contributed by atoms with Gasteiger partial charge in [0.25, 0.3) is 0 Å². The molecule has 0 aliphatic heterocycles. The molecule has 1 heterocycles. The van der Waals surface area contributed by atoms with Crippen LogP contribution in [0.2, 0.25) is 0 Å². The van der Waals surface area contributed by atoms with Crippen LogP contribution < -0.4 is 5.32 Å². The van der Waals surface area contributed by atoms with Gasteiger partial charge in [-0.3, -0.25) is 4.68 Å². The summed E-state index contributed by atoms with van der Waals surface area (Å²) >= 11 is 0. The van der Waals surface area contributed by atoms with Gasteiger partial charge in [-0.15, -0.1) is 0 Å². The predicted octanol–water partition coefficient (Wildman–Crippen LogP) is 3.26. The third-order valence-corrected chi connectivity index (χ3v) is 3.24. The number of nitrogens with zero attached hydrogens (tertiary/aromatic N) is 2. The summed E-state index contributed by atoms with van der Waals surface area (Å²) in [6.07, 6.45) is 1.95. The quantitative estimate of drug-likeness (QED) is 0.886. The van der Waals surface area contributed by atoms with E-state index in [9.17, 15) is 8.78 Å². The van der Waals surface area contributed by atoms with Crippen LogP contribution in [-0.4, -0.2) is 16.3 Å². The van der Waals surface area contributed by atoms with Crippen LogP contribution in [0.15, 0.2) is 24.4 Å². The Kier molecular flexibility index (Phi) is 5.07. The normalized spacial score (nSPS) is 11.3. The zero-order valence-electron chi connectivity index (χ0n) is 12.7. The van der Waals surface area contributed by atoms with E-state index in [0.717, 1.165) is 30.4 Å². The predicted molar refractivity (Wildman–Crippen MR) is 79.0 cm³/mol. The summed E-state index contributed by atoms with van der Waals surface area (Å²) in [5.41, 5.74) is 2.77. The van der Waals surface area contributed by atoms with Crippen LogP contribution in [0.25, 0.3) is 0 Å². The highest BCUT2D eigenvalue weighted by Crippen LogP contribution is 2.12. The molecule has 0 atom stereocenters. The zero-order chi connectivity index (χ0) is 15.4. The average molecular weight is 293 g/mol. The van der Waals surface area contributed by atoms with Gasteiger partial charge in [-0.05, 0) is 37.1 Å². The van der Waals surface area contributed by atoms with Crippen molar-refractivity contribution in [3.8, 4) is 0 Å². The van der Waals surface area contributed by atoms with Crippen molar-refractivity contribution in [3.63, 3.8) is 0 Å². The summed E-state index contributed by atoms with van der Waals surface area (Å²) in [5, 5.41) is 7.79. The lowest BCUT2D eigenvalue weighted by atomic mass is 10.2. The first-order valence-corrected chi connectivity index (χ1v) is 7.13. The molecule has 0 saturated heterocycles. The first kappa shape index (κ1) is 15.6. The second-order valence-corrected chi connectivity index (χ2v) is 5.71. The van der Waals surface area contributed by atoms with Gasteiger partial charge in [0.2, 0.25) is 0 Å². The SMILES string of the molecule is Cc1nn(Cc2ccc(F)c(F)c2)cc1CNCC(C)C. The largest absolute Gasteiger partial charge is 0.312 e. The first-order chi connectivity index (χ1) is 9.95. The van der Waals surface area contributed by atoms with Crippen molar-refractivity contribution in [1.29, 1.82) is 0 Å². The highest BCUT2D eigenvalue weighted by Gasteiger charge is 2.07. The van der Waals surface area contributed by atoms with Crippen molar-refractivity contribution < 1.29 is 8.78 Å². The number of rotatable bonds is 6. The van der Waals surface area contributed by atoms with Crippen molar-refractivity contribution >= 4 is 0 Å². The van der Waals surface area contributed by atoms with Crippen LogP contribution >= 0.6 is 0 Å². The molecule has 1 aromatic carbocycles. The van der Waals surface area contributed by atoms with Gasteiger partial charge in [-0.2, -0.15) is 5.10 Å². The van der Waals surface area contributed by atoms with E-state index in [1.54, 1.807) is 10.7 Å². The molecule has 0 spiro atoms. The maximum atomic E-state index is 13.2. The topological polar surface area (TPSA) is 29.9 Å². The number of hydrogen-bond donors (Lipinski definition) is 1. The van der Waals surface area contributed by atoms with Gasteiger partial charge in [0, 0.05) is 18.3 Å². The molecule has 0 aliphatic carbocycles. The van der Waals surface area contributed by atoms with Gasteiger partial charge in [-0.1, -0.05) is 19.9 Å². The number of hydrogen-bond acceptors (Lipinski definition) is 2. The molecular weight excluding hydrogens is 272 g/mol. The van der Waals surface area contributed by atoms with Crippen LogP contribution in [0.3, 0.4) is 0 Å². The molecule has 21 heavy (non-hydrogen) atoms. The minimum Gasteiger partial charge on any atom is -0.312 e. The molecule has 0 amide bonds. The Bertz CT molecular complexity index is 606. The van der Waals surface area contributed by atoms with Gasteiger partial charge in [-0.25, -0.2) is 8.78 Å². The number of aromatic nitrogens is 2. The first-order valence-electron chi connectivity index (χ1n) is 7.13. The molecule has 1 N–H and O–H groups in total. The van der Waals surface area contributed by atoms with E-state index in [0.29, 0.717) is 18.0 Å². The van der Waals surface area contributed by atoms with E-state index in [2.05, 4.69) is 24.3 Å². The third-order valence-electron chi connectivity index (χ3n) is 3.24. The molecule has 0 saturated carbocycles. The Morgan fingerprint density at radius 2 is 2.00 bits per heavy atom. The number of halogens is 2. The fourth-order valence-corrected chi connectivity index (χ4v) is 2.13. The van der Waals surface area contributed by atoms with Crippen molar-refractivity contribution in [2.75, 3.05) is 6.54 Å². The molecular formula is C16H21F2N3. The lowest BCUT2D eigenvalue weighted by Gasteiger charge is -2.06. The van der Waals surface area contributed by atoms with Crippen molar-refractivity contribution in [2.45, 2.75) is 33.9 Å². The van der Waals surface area contributed by atoms with Gasteiger partial charge in [0.1, 0.15) is 0 Å². The molecule has 0 fully saturated rings. The minimum absolute atomic E-state index is 0.433. The third kappa shape index (κ3) is 4.36. The Hall–Kier alpha value is -1.75. The average Bonchev–Trinajstić information content (AvgIpc) is 2.74. The van der Waals surface area contributed by atoms with E-state index in [4.69, 9.17) is 0 Å². The highest BCUT2D eigenvalue weighted by molar-refractivity contribution is 5.20. The summed E-state index contributed by atoms with van der Waals surface area (Å²) in [6, 6.07) is 3.93. The second kappa shape index (κ2) is 6.80. The van der Waals surface area contributed by atoms with E-state index in [1.165, 1.54) is 6.07 Å². The molecule has 114 valence electrons. The number of benzene rings is 1. The Morgan fingerprint density at radius 1 is 1.24 bits per heavy atom. The lowest BCUT2D eigenvalue weighted by Crippen LogP contribution is -2.19. The van der Waals surface area contributed by atoms with Crippen molar-refractivity contribution in [3.05, 3.63) is 52.9 Å². The van der Waals surface area contributed by atoms with Gasteiger partial charge in [0.15, 0.2) is 11.6 Å². The fraction of sp³-hybridized carbons (Fsp3) is 0.438. The smallest absolute Gasteiger partial charge is 0.159 e. The van der Waals surface area contributed by atoms with E-state index >= 15 is 0 Å². The Labute approximate surface area is 124 Å². The summed E-state index contributed by atoms with van der Waals surface area (Å²) in [7, 11) is 0. The summed E-state index contributed by atoms with van der Waals surface area (Å²) in [4.78, 5) is 0. The van der Waals surface area contributed by atoms with Crippen molar-refractivity contribution in [1.82, 2.24) is 15.1 Å². The maximum absolute atomic E-state index is 13.2. The zero-order valence-corrected chi connectivity index (χ0v) is 12.7. The van der Waals surface area contributed by atoms with Crippen LogP contribution in [0.4, 0.5) is 8.78 Å². The van der Waals surface area contributed by atoms with Crippen LogP contribution in [0.5, 0.6) is 0 Å². The fourth-order valence-electron chi connectivity index (χ4n) is 2.13. The Morgan fingerprint density at radius 3 is 2.67 bits per heavy atom.